The first-order valence-corrected chi connectivity index (χ1v) is 6.25. The Balaban J connectivity index is 2.16. The van der Waals surface area contributed by atoms with Crippen LogP contribution in [0.4, 0.5) is 8.78 Å². The lowest BCUT2D eigenvalue weighted by Crippen LogP contribution is -2.37. The number of nitrogens with zero attached hydrogens (tertiary/aromatic N) is 1. The van der Waals surface area contributed by atoms with E-state index in [9.17, 15) is 8.78 Å². The fourth-order valence-electron chi connectivity index (χ4n) is 2.75. The molecule has 1 aliphatic rings. The van der Waals surface area contributed by atoms with E-state index in [0.29, 0.717) is 11.3 Å². The molecule has 0 amide bonds. The average molecular weight is 251 g/mol. The minimum Gasteiger partial charge on any atom is -0.340 e. The van der Waals surface area contributed by atoms with Crippen LogP contribution in [0.1, 0.15) is 32.0 Å². The van der Waals surface area contributed by atoms with E-state index in [1.165, 1.54) is 6.07 Å². The first-order valence-electron chi connectivity index (χ1n) is 6.25. The van der Waals surface area contributed by atoms with Crippen LogP contribution < -0.4 is 5.32 Å². The van der Waals surface area contributed by atoms with Gasteiger partial charge in [-0.25, -0.2) is 13.8 Å². The van der Waals surface area contributed by atoms with Crippen molar-refractivity contribution in [1.82, 2.24) is 15.3 Å². The van der Waals surface area contributed by atoms with Crippen molar-refractivity contribution >= 4 is 11.0 Å². The van der Waals surface area contributed by atoms with Crippen LogP contribution in [0.2, 0.25) is 0 Å². The van der Waals surface area contributed by atoms with E-state index in [1.807, 2.05) is 0 Å². The number of aromatic nitrogens is 2. The molecule has 3 rings (SSSR count). The van der Waals surface area contributed by atoms with Crippen LogP contribution >= 0.6 is 0 Å². The lowest BCUT2D eigenvalue weighted by Gasteiger charge is -2.25. The average Bonchev–Trinajstić information content (AvgIpc) is 2.94. The summed E-state index contributed by atoms with van der Waals surface area (Å²) in [6, 6.07) is 2.15. The fraction of sp³-hybridized carbons (Fsp3) is 0.462. The molecule has 5 heteroatoms. The molecule has 2 N–H and O–H groups in total. The zero-order chi connectivity index (χ0) is 12.8. The molecular formula is C13H15F2N3. The molecule has 1 aromatic heterocycles. The summed E-state index contributed by atoms with van der Waals surface area (Å²) >= 11 is 0. The quantitative estimate of drug-likeness (QED) is 0.861. The molecule has 1 aromatic carbocycles. The minimum absolute atomic E-state index is 0.216. The highest BCUT2D eigenvalue weighted by Crippen LogP contribution is 2.33. The van der Waals surface area contributed by atoms with Crippen molar-refractivity contribution in [3.8, 4) is 0 Å². The van der Waals surface area contributed by atoms with E-state index < -0.39 is 11.6 Å². The predicted octanol–water partition coefficient (Wildman–Crippen LogP) is 2.83. The van der Waals surface area contributed by atoms with Crippen molar-refractivity contribution in [2.75, 3.05) is 6.54 Å². The maximum atomic E-state index is 13.6. The molecule has 3 nitrogen and oxygen atoms in total. The van der Waals surface area contributed by atoms with Gasteiger partial charge in [-0.2, -0.15) is 0 Å². The summed E-state index contributed by atoms with van der Waals surface area (Å²) in [4.78, 5) is 7.38. The van der Waals surface area contributed by atoms with Gasteiger partial charge in [0.1, 0.15) is 17.2 Å². The molecule has 2 heterocycles. The number of benzene rings is 1. The molecule has 1 atom stereocenters. The third kappa shape index (κ3) is 1.61. The van der Waals surface area contributed by atoms with E-state index in [0.717, 1.165) is 31.9 Å². The third-order valence-electron chi connectivity index (χ3n) is 3.81. The number of fused-ring (bicyclic) bond motifs is 1. The Labute approximate surface area is 104 Å². The number of rotatable bonds is 2. The van der Waals surface area contributed by atoms with Gasteiger partial charge in [0.2, 0.25) is 0 Å². The van der Waals surface area contributed by atoms with Gasteiger partial charge in [-0.15, -0.1) is 0 Å². The smallest absolute Gasteiger partial charge is 0.153 e. The zero-order valence-corrected chi connectivity index (χ0v) is 10.2. The van der Waals surface area contributed by atoms with Crippen molar-refractivity contribution in [3.63, 3.8) is 0 Å². The van der Waals surface area contributed by atoms with Crippen LogP contribution in [0, 0.1) is 11.6 Å². The Morgan fingerprint density at radius 1 is 1.39 bits per heavy atom. The van der Waals surface area contributed by atoms with E-state index in [2.05, 4.69) is 22.2 Å². The Kier molecular flexibility index (Phi) is 2.59. The molecule has 0 radical (unpaired) electrons. The van der Waals surface area contributed by atoms with Gasteiger partial charge in [0.25, 0.3) is 0 Å². The Hall–Kier alpha value is -1.49. The van der Waals surface area contributed by atoms with Crippen LogP contribution in [0.15, 0.2) is 12.1 Å². The van der Waals surface area contributed by atoms with Gasteiger partial charge < -0.3 is 10.3 Å². The number of halogens is 2. The topological polar surface area (TPSA) is 40.7 Å². The standard InChI is InChI=1S/C13H15F2N3/c1-2-13(4-3-5-16-13)12-17-10-7-8(14)6-9(15)11(10)18-12/h6-7,16H,2-5H2,1H3,(H,17,18). The molecule has 0 saturated carbocycles. The molecule has 2 aromatic rings. The maximum Gasteiger partial charge on any atom is 0.153 e. The predicted molar refractivity (Wildman–Crippen MR) is 65.2 cm³/mol. The normalized spacial score (nSPS) is 23.9. The van der Waals surface area contributed by atoms with E-state index in [4.69, 9.17) is 0 Å². The lowest BCUT2D eigenvalue weighted by atomic mass is 9.93. The maximum absolute atomic E-state index is 13.6. The SMILES string of the molecule is CCC1(c2nc3c(F)cc(F)cc3[nH]2)CCCN1. The summed E-state index contributed by atoms with van der Waals surface area (Å²) in [6.45, 7) is 3.00. The van der Waals surface area contributed by atoms with Gasteiger partial charge in [0.15, 0.2) is 5.82 Å². The summed E-state index contributed by atoms with van der Waals surface area (Å²) in [5.74, 6) is -0.487. The van der Waals surface area contributed by atoms with Crippen molar-refractivity contribution in [3.05, 3.63) is 29.6 Å². The van der Waals surface area contributed by atoms with Crippen LogP contribution in [0.3, 0.4) is 0 Å². The second kappa shape index (κ2) is 4.02. The second-order valence-corrected chi connectivity index (χ2v) is 4.84. The highest BCUT2D eigenvalue weighted by atomic mass is 19.1. The number of hydrogen-bond acceptors (Lipinski definition) is 2. The summed E-state index contributed by atoms with van der Waals surface area (Å²) in [5.41, 5.74) is 0.416. The monoisotopic (exact) mass is 251 g/mol. The first-order chi connectivity index (χ1) is 8.64. The lowest BCUT2D eigenvalue weighted by molar-refractivity contribution is 0.356. The third-order valence-corrected chi connectivity index (χ3v) is 3.81. The highest BCUT2D eigenvalue weighted by Gasteiger charge is 2.36. The van der Waals surface area contributed by atoms with Gasteiger partial charge in [0, 0.05) is 6.07 Å². The van der Waals surface area contributed by atoms with E-state index >= 15 is 0 Å². The largest absolute Gasteiger partial charge is 0.340 e. The number of H-pyrrole nitrogens is 1. The van der Waals surface area contributed by atoms with Crippen molar-refractivity contribution < 1.29 is 8.78 Å². The van der Waals surface area contributed by atoms with Crippen molar-refractivity contribution in [2.45, 2.75) is 31.7 Å². The molecule has 18 heavy (non-hydrogen) atoms. The molecular weight excluding hydrogens is 236 g/mol. The zero-order valence-electron chi connectivity index (χ0n) is 10.2. The Morgan fingerprint density at radius 2 is 2.22 bits per heavy atom. The van der Waals surface area contributed by atoms with Gasteiger partial charge in [-0.3, -0.25) is 0 Å². The molecule has 0 aliphatic carbocycles. The molecule has 1 aliphatic heterocycles. The van der Waals surface area contributed by atoms with Gasteiger partial charge in [0.05, 0.1) is 11.1 Å². The summed E-state index contributed by atoms with van der Waals surface area (Å²) in [7, 11) is 0. The summed E-state index contributed by atoms with van der Waals surface area (Å²) < 4.78 is 26.8. The molecule has 1 saturated heterocycles. The van der Waals surface area contributed by atoms with Gasteiger partial charge in [-0.05, 0) is 31.9 Å². The Morgan fingerprint density at radius 3 is 2.89 bits per heavy atom. The first kappa shape index (κ1) is 11.6. The molecule has 1 unspecified atom stereocenters. The number of aromatic amines is 1. The number of imidazole rings is 1. The molecule has 1 fully saturated rings. The van der Waals surface area contributed by atoms with Gasteiger partial charge >= 0.3 is 0 Å². The van der Waals surface area contributed by atoms with Gasteiger partial charge in [-0.1, -0.05) is 6.92 Å². The summed E-state index contributed by atoms with van der Waals surface area (Å²) in [6.07, 6.45) is 2.91. The van der Waals surface area contributed by atoms with E-state index in [-0.39, 0.29) is 11.1 Å². The highest BCUT2D eigenvalue weighted by molar-refractivity contribution is 5.76. The van der Waals surface area contributed by atoms with Crippen LogP contribution in [0.25, 0.3) is 11.0 Å². The van der Waals surface area contributed by atoms with Crippen LogP contribution in [-0.2, 0) is 5.54 Å². The van der Waals surface area contributed by atoms with Crippen molar-refractivity contribution in [1.29, 1.82) is 0 Å². The molecule has 0 bridgehead atoms. The fourth-order valence-corrected chi connectivity index (χ4v) is 2.75. The molecule has 0 spiro atoms. The van der Waals surface area contributed by atoms with Crippen LogP contribution in [-0.4, -0.2) is 16.5 Å². The second-order valence-electron chi connectivity index (χ2n) is 4.84. The van der Waals surface area contributed by atoms with Crippen LogP contribution in [0.5, 0.6) is 0 Å². The minimum atomic E-state index is -0.614. The Bertz CT molecular complexity index is 585. The number of hydrogen-bond donors (Lipinski definition) is 2. The van der Waals surface area contributed by atoms with E-state index in [1.54, 1.807) is 0 Å². The summed E-state index contributed by atoms with van der Waals surface area (Å²) in [5, 5.41) is 3.42. The number of nitrogens with one attached hydrogen (secondary N) is 2. The molecule has 96 valence electrons. The van der Waals surface area contributed by atoms with Crippen molar-refractivity contribution in [2.24, 2.45) is 0 Å².